The molecule has 3 atom stereocenters. The SMILES string of the molecule is C=NOC1C[C@H](n2cc(C)c(=O)[nH]c2=O)O[C@@H]1CI. The lowest BCUT2D eigenvalue weighted by Gasteiger charge is -2.14. The normalized spacial score (nSPS) is 26.3. The molecule has 1 aromatic heterocycles. The van der Waals surface area contributed by atoms with Crippen LogP contribution in [-0.4, -0.2) is 32.9 Å². The molecular formula is C11H14IN3O4. The van der Waals surface area contributed by atoms with Crippen molar-refractivity contribution in [3.8, 4) is 0 Å². The van der Waals surface area contributed by atoms with Crippen LogP contribution in [-0.2, 0) is 9.57 Å². The number of aromatic nitrogens is 2. The van der Waals surface area contributed by atoms with Crippen LogP contribution in [0.25, 0.3) is 0 Å². The molecule has 0 amide bonds. The summed E-state index contributed by atoms with van der Waals surface area (Å²) < 4.78 is 7.85. The van der Waals surface area contributed by atoms with Crippen LogP contribution >= 0.6 is 22.6 Å². The molecular weight excluding hydrogens is 365 g/mol. The number of halogens is 1. The van der Waals surface area contributed by atoms with E-state index in [9.17, 15) is 9.59 Å². The van der Waals surface area contributed by atoms with Crippen molar-refractivity contribution in [2.75, 3.05) is 4.43 Å². The third-order valence-corrected chi connectivity index (χ3v) is 3.87. The van der Waals surface area contributed by atoms with E-state index in [1.54, 1.807) is 6.92 Å². The van der Waals surface area contributed by atoms with Crippen LogP contribution in [0.2, 0.25) is 0 Å². The van der Waals surface area contributed by atoms with Crippen LogP contribution in [0.5, 0.6) is 0 Å². The minimum atomic E-state index is -0.486. The van der Waals surface area contributed by atoms with Gasteiger partial charge in [0.15, 0.2) is 6.10 Å². The Hall–Kier alpha value is -1.16. The predicted molar refractivity (Wildman–Crippen MR) is 77.9 cm³/mol. The minimum Gasteiger partial charge on any atom is -0.390 e. The topological polar surface area (TPSA) is 85.7 Å². The molecule has 1 saturated heterocycles. The van der Waals surface area contributed by atoms with Gasteiger partial charge in [0.25, 0.3) is 5.56 Å². The fraction of sp³-hybridized carbons (Fsp3) is 0.545. The Kier molecular flexibility index (Phi) is 4.40. The van der Waals surface area contributed by atoms with Gasteiger partial charge in [-0.05, 0) is 6.92 Å². The number of alkyl halides is 1. The third-order valence-electron chi connectivity index (χ3n) is 3.00. The van der Waals surface area contributed by atoms with Crippen LogP contribution in [0.3, 0.4) is 0 Å². The zero-order chi connectivity index (χ0) is 14.0. The Labute approximate surface area is 122 Å². The van der Waals surface area contributed by atoms with Gasteiger partial charge in [-0.2, -0.15) is 0 Å². The highest BCUT2D eigenvalue weighted by atomic mass is 127. The predicted octanol–water partition coefficient (Wildman–Crippen LogP) is 0.568. The number of H-pyrrole nitrogens is 1. The average molecular weight is 379 g/mol. The molecule has 1 unspecified atom stereocenters. The monoisotopic (exact) mass is 379 g/mol. The number of ether oxygens (including phenoxy) is 1. The number of aromatic amines is 1. The van der Waals surface area contributed by atoms with Gasteiger partial charge in [0.2, 0.25) is 0 Å². The molecule has 0 radical (unpaired) electrons. The molecule has 0 aliphatic carbocycles. The van der Waals surface area contributed by atoms with Crippen molar-refractivity contribution in [3.05, 3.63) is 32.6 Å². The number of nitrogens with zero attached hydrogens (tertiary/aromatic N) is 2. The van der Waals surface area contributed by atoms with Crippen molar-refractivity contribution in [3.63, 3.8) is 0 Å². The second kappa shape index (κ2) is 5.87. The van der Waals surface area contributed by atoms with Crippen molar-refractivity contribution in [1.29, 1.82) is 0 Å². The fourth-order valence-corrected chi connectivity index (χ4v) is 2.79. The smallest absolute Gasteiger partial charge is 0.330 e. The molecule has 2 rings (SSSR count). The van der Waals surface area contributed by atoms with Crippen LogP contribution in [0.4, 0.5) is 0 Å². The second-order valence-corrected chi connectivity index (χ2v) is 5.15. The lowest BCUT2D eigenvalue weighted by molar-refractivity contribution is -0.0241. The zero-order valence-electron chi connectivity index (χ0n) is 10.3. The largest absolute Gasteiger partial charge is 0.390 e. The molecule has 0 saturated carbocycles. The van der Waals surface area contributed by atoms with E-state index in [0.717, 1.165) is 0 Å². The first kappa shape index (κ1) is 14.3. The van der Waals surface area contributed by atoms with Gasteiger partial charge in [-0.3, -0.25) is 14.3 Å². The lowest BCUT2D eigenvalue weighted by Crippen LogP contribution is -2.33. The molecule has 0 aromatic carbocycles. The van der Waals surface area contributed by atoms with Crippen LogP contribution in [0.15, 0.2) is 20.9 Å². The number of hydrogen-bond donors (Lipinski definition) is 1. The first-order valence-corrected chi connectivity index (χ1v) is 7.24. The summed E-state index contributed by atoms with van der Waals surface area (Å²) in [6.07, 6.45) is 1.13. The summed E-state index contributed by atoms with van der Waals surface area (Å²) in [5.74, 6) is 0. The van der Waals surface area contributed by atoms with Crippen molar-refractivity contribution >= 4 is 29.3 Å². The van der Waals surface area contributed by atoms with Gasteiger partial charge in [-0.1, -0.05) is 22.6 Å². The van der Waals surface area contributed by atoms with Gasteiger partial charge >= 0.3 is 5.69 Å². The molecule has 1 fully saturated rings. The summed E-state index contributed by atoms with van der Waals surface area (Å²) in [5.41, 5.74) is -0.411. The van der Waals surface area contributed by atoms with E-state index in [2.05, 4.69) is 39.4 Å². The van der Waals surface area contributed by atoms with Crippen LogP contribution in [0.1, 0.15) is 18.2 Å². The minimum absolute atomic E-state index is 0.157. The molecule has 1 N–H and O–H groups in total. The highest BCUT2D eigenvalue weighted by Crippen LogP contribution is 2.30. The first-order valence-electron chi connectivity index (χ1n) is 5.72. The maximum Gasteiger partial charge on any atom is 0.330 e. The Morgan fingerprint density at radius 3 is 3.05 bits per heavy atom. The Morgan fingerprint density at radius 2 is 2.42 bits per heavy atom. The maximum absolute atomic E-state index is 11.8. The van der Waals surface area contributed by atoms with Gasteiger partial charge < -0.3 is 9.57 Å². The quantitative estimate of drug-likeness (QED) is 0.359. The molecule has 0 spiro atoms. The molecule has 104 valence electrons. The zero-order valence-corrected chi connectivity index (χ0v) is 12.5. The van der Waals surface area contributed by atoms with Gasteiger partial charge in [-0.15, -0.1) is 5.16 Å². The maximum atomic E-state index is 11.8. The van der Waals surface area contributed by atoms with Crippen LogP contribution < -0.4 is 11.2 Å². The highest BCUT2D eigenvalue weighted by molar-refractivity contribution is 14.1. The summed E-state index contributed by atoms with van der Waals surface area (Å²) >= 11 is 2.18. The lowest BCUT2D eigenvalue weighted by atomic mass is 10.2. The Balaban J connectivity index is 2.29. The molecule has 7 nitrogen and oxygen atoms in total. The molecule has 1 aliphatic heterocycles. The first-order chi connectivity index (χ1) is 9.06. The summed E-state index contributed by atoms with van der Waals surface area (Å²) in [6, 6.07) is 0. The van der Waals surface area contributed by atoms with Crippen molar-refractivity contribution < 1.29 is 9.57 Å². The molecule has 19 heavy (non-hydrogen) atoms. The van der Waals surface area contributed by atoms with E-state index >= 15 is 0 Å². The molecule has 8 heteroatoms. The summed E-state index contributed by atoms with van der Waals surface area (Å²) in [7, 11) is 0. The fourth-order valence-electron chi connectivity index (χ4n) is 2.02. The molecule has 1 aliphatic rings. The Bertz CT molecular complexity index is 582. The van der Waals surface area contributed by atoms with Gasteiger partial charge in [0.05, 0.1) is 0 Å². The third kappa shape index (κ3) is 2.89. The summed E-state index contributed by atoms with van der Waals surface area (Å²) in [5, 5.41) is 3.42. The van der Waals surface area contributed by atoms with Crippen molar-refractivity contribution in [1.82, 2.24) is 9.55 Å². The Morgan fingerprint density at radius 1 is 1.68 bits per heavy atom. The standard InChI is InChI=1S/C11H14IN3O4/c1-6-5-15(11(17)14-10(6)16)9-3-7(19-13-2)8(4-12)18-9/h5,7-9H,2-4H2,1H3,(H,14,16,17)/t7?,8-,9-/m1/s1. The van der Waals surface area contributed by atoms with E-state index in [0.29, 0.717) is 16.4 Å². The van der Waals surface area contributed by atoms with Crippen LogP contribution in [0, 0.1) is 6.92 Å². The average Bonchev–Trinajstić information content (AvgIpc) is 2.77. The second-order valence-electron chi connectivity index (χ2n) is 4.27. The number of aryl methyl sites for hydroxylation is 1. The van der Waals surface area contributed by atoms with E-state index in [1.165, 1.54) is 10.8 Å². The van der Waals surface area contributed by atoms with Gasteiger partial charge in [-0.25, -0.2) is 4.79 Å². The number of oxime groups is 1. The van der Waals surface area contributed by atoms with E-state index in [1.807, 2.05) is 0 Å². The number of rotatable bonds is 4. The molecule has 2 heterocycles. The summed E-state index contributed by atoms with van der Waals surface area (Å²) in [6.45, 7) is 4.93. The van der Waals surface area contributed by atoms with Crippen molar-refractivity contribution in [2.45, 2.75) is 31.8 Å². The van der Waals surface area contributed by atoms with E-state index in [-0.39, 0.29) is 17.8 Å². The van der Waals surface area contributed by atoms with Gasteiger partial charge in [0.1, 0.15) is 12.3 Å². The van der Waals surface area contributed by atoms with E-state index in [4.69, 9.17) is 9.57 Å². The van der Waals surface area contributed by atoms with Gasteiger partial charge in [0, 0.05) is 29.3 Å². The number of hydrogen-bond acceptors (Lipinski definition) is 5. The number of nitrogens with one attached hydrogen (secondary N) is 1. The van der Waals surface area contributed by atoms with Crippen molar-refractivity contribution in [2.24, 2.45) is 5.16 Å². The highest BCUT2D eigenvalue weighted by Gasteiger charge is 2.38. The van der Waals surface area contributed by atoms with E-state index < -0.39 is 11.9 Å². The molecule has 0 bridgehead atoms. The molecule has 1 aromatic rings. The summed E-state index contributed by atoms with van der Waals surface area (Å²) in [4.78, 5) is 30.5.